The third-order valence-electron chi connectivity index (χ3n) is 3.06. The van der Waals surface area contributed by atoms with Crippen molar-refractivity contribution in [3.05, 3.63) is 60.7 Å². The number of fused-ring (bicyclic) bond motifs is 1. The fraction of sp³-hybridized carbons (Fsp3) is 0.0625. The number of amides is 2. The van der Waals surface area contributed by atoms with Gasteiger partial charge in [0.2, 0.25) is 0 Å². The van der Waals surface area contributed by atoms with Gasteiger partial charge in [-0.2, -0.15) is 0 Å². The highest BCUT2D eigenvalue weighted by atomic mass is 16.3. The maximum absolute atomic E-state index is 11.8. The van der Waals surface area contributed by atoms with Crippen LogP contribution in [0.1, 0.15) is 5.76 Å². The van der Waals surface area contributed by atoms with E-state index in [0.717, 1.165) is 10.9 Å². The number of para-hydroxylation sites is 1. The Labute approximate surface area is 126 Å². The fourth-order valence-corrected chi connectivity index (χ4v) is 1.99. The number of hydrogen-bond acceptors (Lipinski definition) is 4. The Morgan fingerprint density at radius 2 is 1.95 bits per heavy atom. The summed E-state index contributed by atoms with van der Waals surface area (Å²) in [5.74, 6) is -0.901. The van der Waals surface area contributed by atoms with Crippen LogP contribution in [0.25, 0.3) is 10.9 Å². The molecule has 22 heavy (non-hydrogen) atoms. The van der Waals surface area contributed by atoms with E-state index in [2.05, 4.69) is 15.6 Å². The lowest BCUT2D eigenvalue weighted by molar-refractivity contribution is -0.136. The van der Waals surface area contributed by atoms with Gasteiger partial charge in [-0.05, 0) is 24.3 Å². The zero-order chi connectivity index (χ0) is 15.4. The lowest BCUT2D eigenvalue weighted by Crippen LogP contribution is -2.34. The Morgan fingerprint density at radius 1 is 1.09 bits per heavy atom. The molecule has 0 aliphatic heterocycles. The molecule has 6 heteroatoms. The number of hydrogen-bond donors (Lipinski definition) is 2. The summed E-state index contributed by atoms with van der Waals surface area (Å²) in [6.07, 6.45) is 3.02. The normalized spacial score (nSPS) is 10.4. The highest BCUT2D eigenvalue weighted by molar-refractivity contribution is 6.39. The van der Waals surface area contributed by atoms with Crippen molar-refractivity contribution in [3.63, 3.8) is 0 Å². The zero-order valence-corrected chi connectivity index (χ0v) is 11.6. The van der Waals surface area contributed by atoms with Gasteiger partial charge in [-0.25, -0.2) is 0 Å². The van der Waals surface area contributed by atoms with Gasteiger partial charge in [0.15, 0.2) is 0 Å². The topological polar surface area (TPSA) is 84.2 Å². The summed E-state index contributed by atoms with van der Waals surface area (Å²) in [6.45, 7) is 0.162. The number of anilines is 1. The Kier molecular flexibility index (Phi) is 3.82. The molecule has 2 amide bonds. The second-order valence-electron chi connectivity index (χ2n) is 4.63. The molecule has 2 N–H and O–H groups in total. The molecule has 2 aromatic heterocycles. The molecule has 110 valence electrons. The molecule has 0 aliphatic carbocycles. The Hall–Kier alpha value is -3.15. The summed E-state index contributed by atoms with van der Waals surface area (Å²) < 4.78 is 5.07. The van der Waals surface area contributed by atoms with Gasteiger partial charge in [0.25, 0.3) is 0 Å². The lowest BCUT2D eigenvalue weighted by Gasteiger charge is -2.06. The summed E-state index contributed by atoms with van der Waals surface area (Å²) in [6, 6.07) is 12.7. The van der Waals surface area contributed by atoms with Crippen LogP contribution in [0.5, 0.6) is 0 Å². The largest absolute Gasteiger partial charge is 0.467 e. The van der Waals surface area contributed by atoms with Gasteiger partial charge >= 0.3 is 11.8 Å². The van der Waals surface area contributed by atoms with Crippen LogP contribution in [0, 0.1) is 0 Å². The van der Waals surface area contributed by atoms with Crippen molar-refractivity contribution in [1.82, 2.24) is 10.3 Å². The van der Waals surface area contributed by atoms with Crippen molar-refractivity contribution in [2.75, 3.05) is 5.32 Å². The first-order valence-electron chi connectivity index (χ1n) is 6.69. The van der Waals surface area contributed by atoms with Gasteiger partial charge in [0, 0.05) is 5.39 Å². The third kappa shape index (κ3) is 3.12. The molecular formula is C16H13N3O3. The second-order valence-corrected chi connectivity index (χ2v) is 4.63. The van der Waals surface area contributed by atoms with E-state index in [1.165, 1.54) is 12.5 Å². The Morgan fingerprint density at radius 3 is 2.77 bits per heavy atom. The quantitative estimate of drug-likeness (QED) is 0.725. The minimum atomic E-state index is -0.747. The number of rotatable bonds is 3. The minimum Gasteiger partial charge on any atom is -0.467 e. The van der Waals surface area contributed by atoms with Crippen LogP contribution in [0.4, 0.5) is 5.69 Å². The van der Waals surface area contributed by atoms with Gasteiger partial charge in [-0.15, -0.1) is 0 Å². The molecule has 0 unspecified atom stereocenters. The first-order chi connectivity index (χ1) is 10.7. The van der Waals surface area contributed by atoms with Crippen molar-refractivity contribution in [2.45, 2.75) is 6.54 Å². The summed E-state index contributed by atoms with van der Waals surface area (Å²) in [4.78, 5) is 27.8. The lowest BCUT2D eigenvalue weighted by atomic mass is 10.2. The number of carbonyl (C=O) groups is 2. The summed E-state index contributed by atoms with van der Waals surface area (Å²) >= 11 is 0. The number of carbonyl (C=O) groups excluding carboxylic acids is 2. The monoisotopic (exact) mass is 295 g/mol. The smallest absolute Gasteiger partial charge is 0.313 e. The summed E-state index contributed by atoms with van der Waals surface area (Å²) in [7, 11) is 0. The van der Waals surface area contributed by atoms with Crippen LogP contribution in [-0.2, 0) is 16.1 Å². The Bertz CT molecular complexity index is 812. The maximum Gasteiger partial charge on any atom is 0.313 e. The highest BCUT2D eigenvalue weighted by Gasteiger charge is 2.14. The molecule has 0 atom stereocenters. The maximum atomic E-state index is 11.8. The van der Waals surface area contributed by atoms with Crippen molar-refractivity contribution in [3.8, 4) is 0 Å². The van der Waals surface area contributed by atoms with E-state index >= 15 is 0 Å². The van der Waals surface area contributed by atoms with Gasteiger partial charge in [0.05, 0.1) is 30.2 Å². The molecule has 6 nitrogen and oxygen atoms in total. The first-order valence-corrected chi connectivity index (χ1v) is 6.69. The van der Waals surface area contributed by atoms with E-state index in [1.54, 1.807) is 18.2 Å². The molecule has 0 aliphatic rings. The molecule has 0 saturated carbocycles. The van der Waals surface area contributed by atoms with Crippen molar-refractivity contribution in [1.29, 1.82) is 0 Å². The van der Waals surface area contributed by atoms with Crippen LogP contribution in [-0.4, -0.2) is 16.8 Å². The van der Waals surface area contributed by atoms with Gasteiger partial charge in [-0.1, -0.05) is 18.2 Å². The predicted octanol–water partition coefficient (Wildman–Crippen LogP) is 2.08. The molecule has 0 radical (unpaired) electrons. The van der Waals surface area contributed by atoms with Crippen LogP contribution in [0.15, 0.2) is 59.3 Å². The molecule has 1 aromatic carbocycles. The number of nitrogens with zero attached hydrogens (tertiary/aromatic N) is 1. The second kappa shape index (κ2) is 6.09. The molecule has 3 rings (SSSR count). The fourth-order valence-electron chi connectivity index (χ4n) is 1.99. The van der Waals surface area contributed by atoms with Crippen molar-refractivity contribution in [2.24, 2.45) is 0 Å². The molecule has 0 bridgehead atoms. The highest BCUT2D eigenvalue weighted by Crippen LogP contribution is 2.15. The average Bonchev–Trinajstić information content (AvgIpc) is 3.06. The minimum absolute atomic E-state index is 0.162. The number of benzene rings is 1. The van der Waals surface area contributed by atoms with Crippen molar-refractivity contribution < 1.29 is 14.0 Å². The molecule has 0 fully saturated rings. The Balaban J connectivity index is 1.63. The van der Waals surface area contributed by atoms with E-state index in [9.17, 15) is 9.59 Å². The van der Waals surface area contributed by atoms with Gasteiger partial charge in [-0.3, -0.25) is 14.6 Å². The van der Waals surface area contributed by atoms with E-state index < -0.39 is 11.8 Å². The summed E-state index contributed by atoms with van der Waals surface area (Å²) in [5, 5.41) is 5.88. The number of furan rings is 1. The van der Waals surface area contributed by atoms with Crippen LogP contribution in [0.3, 0.4) is 0 Å². The number of nitrogens with one attached hydrogen (secondary N) is 2. The van der Waals surface area contributed by atoms with Gasteiger partial charge in [0.1, 0.15) is 5.76 Å². The van der Waals surface area contributed by atoms with E-state index in [1.807, 2.05) is 24.3 Å². The van der Waals surface area contributed by atoms with Gasteiger partial charge < -0.3 is 15.1 Å². The predicted molar refractivity (Wildman–Crippen MR) is 80.9 cm³/mol. The average molecular weight is 295 g/mol. The molecule has 3 aromatic rings. The third-order valence-corrected chi connectivity index (χ3v) is 3.06. The van der Waals surface area contributed by atoms with E-state index in [-0.39, 0.29) is 6.54 Å². The van der Waals surface area contributed by atoms with E-state index in [0.29, 0.717) is 11.4 Å². The zero-order valence-electron chi connectivity index (χ0n) is 11.6. The SMILES string of the molecule is O=C(NCc1ccco1)C(=O)Nc1cnc2ccccc2c1. The molecule has 0 spiro atoms. The number of aromatic nitrogens is 1. The van der Waals surface area contributed by atoms with E-state index in [4.69, 9.17) is 4.42 Å². The standard InChI is InChI=1S/C16H13N3O3/c20-15(18-10-13-5-3-7-22-13)16(21)19-12-8-11-4-1-2-6-14(11)17-9-12/h1-9H,10H2,(H,18,20)(H,19,21). The number of pyridine rings is 1. The molecule has 2 heterocycles. The molecule has 0 saturated heterocycles. The van der Waals surface area contributed by atoms with Crippen molar-refractivity contribution >= 4 is 28.4 Å². The van der Waals surface area contributed by atoms with Crippen LogP contribution >= 0.6 is 0 Å². The van der Waals surface area contributed by atoms with Crippen LogP contribution < -0.4 is 10.6 Å². The van der Waals surface area contributed by atoms with Crippen LogP contribution in [0.2, 0.25) is 0 Å². The summed E-state index contributed by atoms with van der Waals surface area (Å²) in [5.41, 5.74) is 1.29. The molecular weight excluding hydrogens is 282 g/mol. The first kappa shape index (κ1) is 13.8.